The summed E-state index contributed by atoms with van der Waals surface area (Å²) in [4.78, 5) is 17.1. The van der Waals surface area contributed by atoms with Crippen LogP contribution in [-0.4, -0.2) is 17.1 Å². The molecule has 0 bridgehead atoms. The van der Waals surface area contributed by atoms with Crippen LogP contribution in [0.3, 0.4) is 0 Å². The Labute approximate surface area is 195 Å². The van der Waals surface area contributed by atoms with Crippen molar-refractivity contribution in [3.8, 4) is 11.3 Å². The van der Waals surface area contributed by atoms with Crippen LogP contribution in [0.4, 0.5) is 10.1 Å². The second-order valence-corrected chi connectivity index (χ2v) is 8.76. The summed E-state index contributed by atoms with van der Waals surface area (Å²) in [5, 5.41) is 8.91. The Morgan fingerprint density at radius 1 is 1.12 bits per heavy atom. The van der Waals surface area contributed by atoms with Crippen molar-refractivity contribution in [3.63, 3.8) is 0 Å². The lowest BCUT2D eigenvalue weighted by atomic mass is 10.0. The zero-order valence-corrected chi connectivity index (χ0v) is 19.1. The Bertz CT molecular complexity index is 1210. The molecule has 0 saturated heterocycles. The van der Waals surface area contributed by atoms with Crippen LogP contribution in [0.25, 0.3) is 11.3 Å². The minimum atomic E-state index is -0.353. The number of hydrogen-bond acceptors (Lipinski definition) is 6. The molecule has 6 nitrogen and oxygen atoms in total. The number of aromatic nitrogens is 1. The van der Waals surface area contributed by atoms with Crippen LogP contribution < -0.4 is 10.7 Å². The number of carbonyl (C=O) groups is 1. The molecule has 0 atom stereocenters. The highest BCUT2D eigenvalue weighted by molar-refractivity contribution is 7.20. The summed E-state index contributed by atoms with van der Waals surface area (Å²) in [6.45, 7) is 4.32. The smallest absolute Gasteiger partial charge is 0.292 e. The predicted octanol–water partition coefficient (Wildman–Crippen LogP) is 6.88. The monoisotopic (exact) mass is 464 g/mol. The largest absolute Gasteiger partial charge is 0.459 e. The van der Waals surface area contributed by atoms with Crippen LogP contribution in [0.15, 0.2) is 76.4 Å². The van der Waals surface area contributed by atoms with E-state index in [0.29, 0.717) is 26.8 Å². The molecule has 162 valence electrons. The van der Waals surface area contributed by atoms with Crippen LogP contribution in [0.1, 0.15) is 41.4 Å². The summed E-state index contributed by atoms with van der Waals surface area (Å²) in [6.07, 6.45) is 3.19. The molecule has 0 unspecified atom stereocenters. The number of nitrogens with zero attached hydrogens (tertiary/aromatic N) is 2. The van der Waals surface area contributed by atoms with Gasteiger partial charge in [-0.05, 0) is 41.3 Å². The number of amides is 1. The molecular formula is C24H21ClN4O2S. The highest BCUT2D eigenvalue weighted by Crippen LogP contribution is 2.36. The van der Waals surface area contributed by atoms with E-state index in [-0.39, 0.29) is 11.7 Å². The summed E-state index contributed by atoms with van der Waals surface area (Å²) >= 11 is 7.30. The van der Waals surface area contributed by atoms with Gasteiger partial charge in [0.1, 0.15) is 10.7 Å². The lowest BCUT2D eigenvalue weighted by Gasteiger charge is -2.04. The molecule has 0 fully saturated rings. The molecule has 8 heteroatoms. The van der Waals surface area contributed by atoms with Gasteiger partial charge in [-0.2, -0.15) is 5.10 Å². The van der Waals surface area contributed by atoms with E-state index < -0.39 is 0 Å². The summed E-state index contributed by atoms with van der Waals surface area (Å²) in [7, 11) is 0. The molecule has 0 aliphatic heterocycles. The molecule has 4 rings (SSSR count). The molecule has 2 N–H and O–H groups in total. The first kappa shape index (κ1) is 21.8. The van der Waals surface area contributed by atoms with Crippen LogP contribution in [0.2, 0.25) is 5.02 Å². The summed E-state index contributed by atoms with van der Waals surface area (Å²) < 4.78 is 5.19. The quantitative estimate of drug-likeness (QED) is 0.231. The average molecular weight is 465 g/mol. The molecule has 2 aromatic carbocycles. The zero-order chi connectivity index (χ0) is 22.5. The van der Waals surface area contributed by atoms with Crippen molar-refractivity contribution >= 4 is 45.2 Å². The van der Waals surface area contributed by atoms with Gasteiger partial charge in [0.2, 0.25) is 5.13 Å². The molecule has 0 spiro atoms. The van der Waals surface area contributed by atoms with Crippen molar-refractivity contribution in [1.29, 1.82) is 0 Å². The van der Waals surface area contributed by atoms with Crippen molar-refractivity contribution in [2.24, 2.45) is 5.10 Å². The number of carbonyl (C=O) groups excluding carboxylic acids is 1. The van der Waals surface area contributed by atoms with Crippen molar-refractivity contribution in [3.05, 3.63) is 88.8 Å². The van der Waals surface area contributed by atoms with E-state index in [2.05, 4.69) is 46.8 Å². The molecular weight excluding hydrogens is 444 g/mol. The Kier molecular flexibility index (Phi) is 6.68. The zero-order valence-electron chi connectivity index (χ0n) is 17.5. The Morgan fingerprint density at radius 2 is 1.88 bits per heavy atom. The van der Waals surface area contributed by atoms with Gasteiger partial charge in [-0.15, -0.1) is 0 Å². The van der Waals surface area contributed by atoms with E-state index >= 15 is 0 Å². The SMILES string of the molecule is CC(C)c1ccc(/C=N/Nc2nc(-c3ccc(Cl)cc3)c(NC(=O)c3ccco3)s2)cc1. The third kappa shape index (κ3) is 5.25. The summed E-state index contributed by atoms with van der Waals surface area (Å²) in [5.41, 5.74) is 6.65. The molecule has 2 aromatic heterocycles. The first-order valence-corrected chi connectivity index (χ1v) is 11.2. The van der Waals surface area contributed by atoms with E-state index in [4.69, 9.17) is 16.0 Å². The maximum Gasteiger partial charge on any atom is 0.292 e. The molecule has 0 saturated carbocycles. The lowest BCUT2D eigenvalue weighted by Crippen LogP contribution is -2.10. The number of rotatable bonds is 7. The van der Waals surface area contributed by atoms with Crippen molar-refractivity contribution in [2.45, 2.75) is 19.8 Å². The molecule has 0 aliphatic carbocycles. The van der Waals surface area contributed by atoms with Gasteiger partial charge in [-0.1, -0.05) is 73.2 Å². The fraction of sp³-hybridized carbons (Fsp3) is 0.125. The molecule has 4 aromatic rings. The molecule has 1 amide bonds. The number of benzene rings is 2. The number of halogens is 1. The number of furan rings is 1. The Hall–Kier alpha value is -3.42. The third-order valence-electron chi connectivity index (χ3n) is 4.69. The van der Waals surface area contributed by atoms with Gasteiger partial charge in [0.05, 0.1) is 12.5 Å². The lowest BCUT2D eigenvalue weighted by molar-refractivity contribution is 0.0997. The molecule has 2 heterocycles. The predicted molar refractivity (Wildman–Crippen MR) is 131 cm³/mol. The fourth-order valence-electron chi connectivity index (χ4n) is 2.96. The standard InChI is InChI=1S/C24H21ClN4O2S/c1-15(2)17-7-5-16(6-8-17)14-26-29-24-27-21(18-9-11-19(25)12-10-18)23(32-24)28-22(30)20-4-3-13-31-20/h3-15H,1-2H3,(H,27,29)(H,28,30)/b26-14+. The van der Waals surface area contributed by atoms with Crippen LogP contribution in [0.5, 0.6) is 0 Å². The van der Waals surface area contributed by atoms with Gasteiger partial charge in [0, 0.05) is 10.6 Å². The second-order valence-electron chi connectivity index (χ2n) is 7.33. The number of thiazole rings is 1. The number of hydrazone groups is 1. The van der Waals surface area contributed by atoms with E-state index in [1.54, 1.807) is 30.5 Å². The number of hydrogen-bond donors (Lipinski definition) is 2. The number of anilines is 2. The van der Waals surface area contributed by atoms with E-state index in [1.807, 2.05) is 24.3 Å². The van der Waals surface area contributed by atoms with Gasteiger partial charge in [0.15, 0.2) is 5.76 Å². The second kappa shape index (κ2) is 9.80. The van der Waals surface area contributed by atoms with Crippen molar-refractivity contribution < 1.29 is 9.21 Å². The van der Waals surface area contributed by atoms with Gasteiger partial charge < -0.3 is 9.73 Å². The topological polar surface area (TPSA) is 79.5 Å². The maximum absolute atomic E-state index is 12.5. The van der Waals surface area contributed by atoms with Gasteiger partial charge >= 0.3 is 0 Å². The van der Waals surface area contributed by atoms with Crippen LogP contribution in [-0.2, 0) is 0 Å². The Morgan fingerprint density at radius 3 is 2.53 bits per heavy atom. The highest BCUT2D eigenvalue weighted by Gasteiger charge is 2.17. The molecule has 0 aliphatic rings. The van der Waals surface area contributed by atoms with Gasteiger partial charge in [0.25, 0.3) is 5.91 Å². The number of nitrogens with one attached hydrogen (secondary N) is 2. The third-order valence-corrected chi connectivity index (χ3v) is 5.82. The first-order chi connectivity index (χ1) is 15.5. The Balaban J connectivity index is 1.55. The average Bonchev–Trinajstić information content (AvgIpc) is 3.45. The van der Waals surface area contributed by atoms with E-state index in [9.17, 15) is 4.79 Å². The fourth-order valence-corrected chi connectivity index (χ4v) is 3.92. The highest BCUT2D eigenvalue weighted by atomic mass is 35.5. The van der Waals surface area contributed by atoms with E-state index in [1.165, 1.54) is 23.2 Å². The van der Waals surface area contributed by atoms with Gasteiger partial charge in [-0.25, -0.2) is 4.98 Å². The minimum absolute atomic E-state index is 0.220. The normalized spacial score (nSPS) is 11.2. The summed E-state index contributed by atoms with van der Waals surface area (Å²) in [6, 6.07) is 18.8. The van der Waals surface area contributed by atoms with E-state index in [0.717, 1.165) is 11.1 Å². The summed E-state index contributed by atoms with van der Waals surface area (Å²) in [5.74, 6) is 0.350. The molecule has 0 radical (unpaired) electrons. The van der Waals surface area contributed by atoms with Crippen molar-refractivity contribution in [1.82, 2.24) is 4.98 Å². The minimum Gasteiger partial charge on any atom is -0.459 e. The van der Waals surface area contributed by atoms with Crippen LogP contribution >= 0.6 is 22.9 Å². The molecule has 32 heavy (non-hydrogen) atoms. The van der Waals surface area contributed by atoms with Gasteiger partial charge in [-0.3, -0.25) is 10.2 Å². The maximum atomic E-state index is 12.5. The van der Waals surface area contributed by atoms with Crippen LogP contribution in [0, 0.1) is 0 Å². The van der Waals surface area contributed by atoms with Crippen molar-refractivity contribution in [2.75, 3.05) is 10.7 Å². The first-order valence-electron chi connectivity index (χ1n) is 10.0.